The second-order valence-corrected chi connectivity index (χ2v) is 7.76. The highest BCUT2D eigenvalue weighted by Gasteiger charge is 2.38. The number of rotatable bonds is 7. The largest absolute Gasteiger partial charge is 0.303 e. The zero-order valence-corrected chi connectivity index (χ0v) is 12.4. The van der Waals surface area contributed by atoms with Crippen molar-refractivity contribution in [2.75, 3.05) is 19.6 Å². The normalized spacial score (nSPS) is 35.6. The van der Waals surface area contributed by atoms with Crippen molar-refractivity contribution in [3.63, 3.8) is 0 Å². The van der Waals surface area contributed by atoms with Gasteiger partial charge in [-0.25, -0.2) is 0 Å². The minimum Gasteiger partial charge on any atom is -0.303 e. The highest BCUT2D eigenvalue weighted by Crippen LogP contribution is 2.40. The van der Waals surface area contributed by atoms with E-state index in [0.717, 1.165) is 37.1 Å². The van der Waals surface area contributed by atoms with E-state index in [-0.39, 0.29) is 5.41 Å². The van der Waals surface area contributed by atoms with Gasteiger partial charge in [-0.15, -0.1) is 0 Å². The average Bonchev–Trinajstić information content (AvgIpc) is 3.25. The Kier molecular flexibility index (Phi) is 3.98. The Hall–Kier alpha value is -0.370. The molecular formula is C17H29NO. The van der Waals surface area contributed by atoms with Gasteiger partial charge in [0, 0.05) is 25.0 Å². The van der Waals surface area contributed by atoms with Crippen molar-refractivity contribution >= 4 is 6.29 Å². The van der Waals surface area contributed by atoms with Gasteiger partial charge in [0.05, 0.1) is 0 Å². The molecule has 3 aliphatic carbocycles. The van der Waals surface area contributed by atoms with E-state index in [1.807, 2.05) is 0 Å². The molecule has 108 valence electrons. The molecule has 0 amide bonds. The first-order valence-corrected chi connectivity index (χ1v) is 8.38. The van der Waals surface area contributed by atoms with Crippen molar-refractivity contribution in [3.8, 4) is 0 Å². The van der Waals surface area contributed by atoms with Gasteiger partial charge in [-0.3, -0.25) is 0 Å². The molecule has 0 aromatic rings. The van der Waals surface area contributed by atoms with Crippen LogP contribution in [-0.2, 0) is 4.79 Å². The first-order chi connectivity index (χ1) is 9.19. The molecule has 3 saturated carbocycles. The van der Waals surface area contributed by atoms with Crippen LogP contribution in [0.5, 0.6) is 0 Å². The standard InChI is InChI=1S/C17H29NO/c1-14-3-2-8-17(9-14,13-19)12-18(10-15-4-5-15)11-16-6-7-16/h13-16H,2-12H2,1H3. The summed E-state index contributed by atoms with van der Waals surface area (Å²) in [6.45, 7) is 5.90. The number of aldehydes is 1. The van der Waals surface area contributed by atoms with Crippen LogP contribution in [0.3, 0.4) is 0 Å². The van der Waals surface area contributed by atoms with E-state index in [4.69, 9.17) is 0 Å². The lowest BCUT2D eigenvalue weighted by molar-refractivity contribution is -0.120. The Balaban J connectivity index is 1.61. The quantitative estimate of drug-likeness (QED) is 0.655. The summed E-state index contributed by atoms with van der Waals surface area (Å²) < 4.78 is 0. The zero-order chi connectivity index (χ0) is 13.3. The van der Waals surface area contributed by atoms with E-state index in [0.29, 0.717) is 0 Å². The number of nitrogens with zero attached hydrogens (tertiary/aromatic N) is 1. The topological polar surface area (TPSA) is 20.3 Å². The molecule has 0 aromatic heterocycles. The van der Waals surface area contributed by atoms with Crippen molar-refractivity contribution in [2.45, 2.75) is 58.3 Å². The van der Waals surface area contributed by atoms with Crippen molar-refractivity contribution in [1.82, 2.24) is 4.90 Å². The highest BCUT2D eigenvalue weighted by molar-refractivity contribution is 5.60. The summed E-state index contributed by atoms with van der Waals surface area (Å²) in [7, 11) is 0. The molecule has 2 heteroatoms. The Morgan fingerprint density at radius 1 is 1.11 bits per heavy atom. The van der Waals surface area contributed by atoms with E-state index in [9.17, 15) is 4.79 Å². The second kappa shape index (κ2) is 5.55. The van der Waals surface area contributed by atoms with Gasteiger partial charge in [0.25, 0.3) is 0 Å². The van der Waals surface area contributed by atoms with Crippen LogP contribution in [0.1, 0.15) is 58.3 Å². The molecule has 0 saturated heterocycles. The maximum atomic E-state index is 11.7. The van der Waals surface area contributed by atoms with Gasteiger partial charge < -0.3 is 9.69 Å². The predicted octanol–water partition coefficient (Wildman–Crippen LogP) is 3.50. The van der Waals surface area contributed by atoms with Gasteiger partial charge in [-0.05, 0) is 56.3 Å². The Labute approximate surface area is 117 Å². The molecular weight excluding hydrogens is 234 g/mol. The van der Waals surface area contributed by atoms with Crippen LogP contribution in [0.2, 0.25) is 0 Å². The van der Waals surface area contributed by atoms with E-state index in [1.165, 1.54) is 57.9 Å². The summed E-state index contributed by atoms with van der Waals surface area (Å²) >= 11 is 0. The second-order valence-electron chi connectivity index (χ2n) is 7.76. The van der Waals surface area contributed by atoms with Crippen LogP contribution in [0.25, 0.3) is 0 Å². The van der Waals surface area contributed by atoms with Gasteiger partial charge in [0.15, 0.2) is 0 Å². The lowest BCUT2D eigenvalue weighted by Crippen LogP contribution is -2.43. The van der Waals surface area contributed by atoms with Gasteiger partial charge in [0.2, 0.25) is 0 Å². The molecule has 0 aliphatic heterocycles. The van der Waals surface area contributed by atoms with Gasteiger partial charge in [0.1, 0.15) is 6.29 Å². The fourth-order valence-corrected chi connectivity index (χ4v) is 3.97. The van der Waals surface area contributed by atoms with Crippen molar-refractivity contribution < 1.29 is 4.79 Å². The van der Waals surface area contributed by atoms with Gasteiger partial charge in [-0.2, -0.15) is 0 Å². The molecule has 0 heterocycles. The fraction of sp³-hybridized carbons (Fsp3) is 0.941. The van der Waals surface area contributed by atoms with Crippen molar-refractivity contribution in [1.29, 1.82) is 0 Å². The monoisotopic (exact) mass is 263 g/mol. The van der Waals surface area contributed by atoms with Crippen LogP contribution in [-0.4, -0.2) is 30.8 Å². The van der Waals surface area contributed by atoms with Gasteiger partial charge >= 0.3 is 0 Å². The molecule has 3 aliphatic rings. The summed E-state index contributed by atoms with van der Waals surface area (Å²) in [5.41, 5.74) is -0.0125. The van der Waals surface area contributed by atoms with Crippen molar-refractivity contribution in [3.05, 3.63) is 0 Å². The average molecular weight is 263 g/mol. The molecule has 0 radical (unpaired) electrons. The summed E-state index contributed by atoms with van der Waals surface area (Å²) in [4.78, 5) is 14.4. The first-order valence-electron chi connectivity index (χ1n) is 8.38. The minimum absolute atomic E-state index is 0.0125. The third-order valence-corrected chi connectivity index (χ3v) is 5.34. The van der Waals surface area contributed by atoms with Crippen LogP contribution in [0.15, 0.2) is 0 Å². The lowest BCUT2D eigenvalue weighted by atomic mass is 9.70. The summed E-state index contributed by atoms with van der Waals surface area (Å²) in [5.74, 6) is 2.63. The predicted molar refractivity (Wildman–Crippen MR) is 78.0 cm³/mol. The maximum Gasteiger partial charge on any atom is 0.127 e. The Morgan fingerprint density at radius 2 is 1.74 bits per heavy atom. The smallest absolute Gasteiger partial charge is 0.127 e. The molecule has 3 fully saturated rings. The molecule has 2 nitrogen and oxygen atoms in total. The molecule has 0 aromatic carbocycles. The number of hydrogen-bond donors (Lipinski definition) is 0. The number of hydrogen-bond acceptors (Lipinski definition) is 2. The third kappa shape index (κ3) is 3.81. The minimum atomic E-state index is -0.0125. The van der Waals surface area contributed by atoms with E-state index in [2.05, 4.69) is 11.8 Å². The molecule has 0 bridgehead atoms. The number of carbonyl (C=O) groups is 1. The van der Waals surface area contributed by atoms with E-state index >= 15 is 0 Å². The Bertz CT molecular complexity index is 307. The van der Waals surface area contributed by atoms with Crippen LogP contribution < -0.4 is 0 Å². The molecule has 2 unspecified atom stereocenters. The molecule has 3 rings (SSSR count). The maximum absolute atomic E-state index is 11.7. The summed E-state index contributed by atoms with van der Waals surface area (Å²) in [6.07, 6.45) is 11.8. The third-order valence-electron chi connectivity index (χ3n) is 5.34. The first kappa shape index (κ1) is 13.6. The lowest BCUT2D eigenvalue weighted by Gasteiger charge is -2.39. The zero-order valence-electron chi connectivity index (χ0n) is 12.4. The Morgan fingerprint density at radius 3 is 2.21 bits per heavy atom. The molecule has 0 spiro atoms. The van der Waals surface area contributed by atoms with Crippen molar-refractivity contribution in [2.24, 2.45) is 23.2 Å². The molecule has 2 atom stereocenters. The van der Waals surface area contributed by atoms with E-state index in [1.54, 1.807) is 0 Å². The van der Waals surface area contributed by atoms with Crippen LogP contribution in [0, 0.1) is 23.2 Å². The van der Waals surface area contributed by atoms with Crippen LogP contribution in [0.4, 0.5) is 0 Å². The SMILES string of the molecule is CC1CCCC(C=O)(CN(CC2CC2)CC2CC2)C1. The number of carbonyl (C=O) groups excluding carboxylic acids is 1. The summed E-state index contributed by atoms with van der Waals surface area (Å²) in [6, 6.07) is 0. The fourth-order valence-electron chi connectivity index (χ4n) is 3.97. The molecule has 19 heavy (non-hydrogen) atoms. The van der Waals surface area contributed by atoms with E-state index < -0.39 is 0 Å². The van der Waals surface area contributed by atoms with Gasteiger partial charge in [-0.1, -0.05) is 19.8 Å². The van der Waals surface area contributed by atoms with Crippen LogP contribution >= 0.6 is 0 Å². The molecule has 0 N–H and O–H groups in total. The summed E-state index contributed by atoms with van der Waals surface area (Å²) in [5, 5.41) is 0. The highest BCUT2D eigenvalue weighted by atomic mass is 16.1.